The molecule has 2 fully saturated rings. The van der Waals surface area contributed by atoms with Gasteiger partial charge < -0.3 is 9.47 Å². The molecule has 1 atom stereocenters. The van der Waals surface area contributed by atoms with Gasteiger partial charge in [0.1, 0.15) is 6.10 Å². The van der Waals surface area contributed by atoms with Gasteiger partial charge in [-0.2, -0.15) is 8.42 Å². The predicted octanol–water partition coefficient (Wildman–Crippen LogP) is 1.67. The van der Waals surface area contributed by atoms with Crippen molar-refractivity contribution in [2.75, 3.05) is 19.5 Å². The molecule has 0 aromatic carbocycles. The average molecular weight is 278 g/mol. The van der Waals surface area contributed by atoms with Crippen molar-refractivity contribution in [2.45, 2.75) is 50.9 Å². The van der Waals surface area contributed by atoms with Gasteiger partial charge in [-0.15, -0.1) is 0 Å². The van der Waals surface area contributed by atoms with Crippen LogP contribution in [0.1, 0.15) is 39.0 Å². The summed E-state index contributed by atoms with van der Waals surface area (Å²) >= 11 is 0. The van der Waals surface area contributed by atoms with Crippen molar-refractivity contribution < 1.29 is 22.1 Å². The summed E-state index contributed by atoms with van der Waals surface area (Å²) in [6.07, 6.45) is 6.04. The Morgan fingerprint density at radius 2 is 2.00 bits per heavy atom. The quantitative estimate of drug-likeness (QED) is 0.732. The Morgan fingerprint density at radius 1 is 1.33 bits per heavy atom. The molecule has 0 aromatic heterocycles. The first-order valence-electron chi connectivity index (χ1n) is 6.59. The SMILES string of the molecule is CCC1CCC2(CC1)OCC(COS(C)(=O)=O)O2. The molecule has 1 saturated heterocycles. The minimum absolute atomic E-state index is 0.0534. The van der Waals surface area contributed by atoms with Crippen LogP contribution in [0, 0.1) is 5.92 Å². The largest absolute Gasteiger partial charge is 0.347 e. The van der Waals surface area contributed by atoms with E-state index in [2.05, 4.69) is 6.92 Å². The zero-order chi connectivity index (χ0) is 13.2. The van der Waals surface area contributed by atoms with E-state index in [1.807, 2.05) is 0 Å². The van der Waals surface area contributed by atoms with E-state index in [1.165, 1.54) is 6.42 Å². The Kier molecular flexibility index (Phi) is 4.31. The summed E-state index contributed by atoms with van der Waals surface area (Å²) in [5, 5.41) is 0. The molecule has 2 rings (SSSR count). The first kappa shape index (κ1) is 14.2. The Bertz CT molecular complexity index is 370. The van der Waals surface area contributed by atoms with E-state index in [0.717, 1.165) is 37.9 Å². The minimum Gasteiger partial charge on any atom is -0.347 e. The van der Waals surface area contributed by atoms with E-state index >= 15 is 0 Å². The third kappa shape index (κ3) is 3.66. The molecule has 1 spiro atoms. The van der Waals surface area contributed by atoms with Crippen molar-refractivity contribution >= 4 is 10.1 Å². The molecular weight excluding hydrogens is 256 g/mol. The van der Waals surface area contributed by atoms with Crippen LogP contribution in [-0.4, -0.2) is 39.8 Å². The first-order valence-corrected chi connectivity index (χ1v) is 8.40. The lowest BCUT2D eigenvalue weighted by atomic mass is 9.84. The van der Waals surface area contributed by atoms with Gasteiger partial charge in [0.2, 0.25) is 0 Å². The predicted molar refractivity (Wildman–Crippen MR) is 66.6 cm³/mol. The normalized spacial score (nSPS) is 37.2. The molecule has 0 bridgehead atoms. The summed E-state index contributed by atoms with van der Waals surface area (Å²) in [7, 11) is -3.40. The zero-order valence-electron chi connectivity index (χ0n) is 11.1. The third-order valence-corrected chi connectivity index (χ3v) is 4.39. The fourth-order valence-electron chi connectivity index (χ4n) is 2.69. The van der Waals surface area contributed by atoms with Crippen molar-refractivity contribution in [3.63, 3.8) is 0 Å². The second-order valence-electron chi connectivity index (χ2n) is 5.30. The van der Waals surface area contributed by atoms with Crippen molar-refractivity contribution in [2.24, 2.45) is 5.92 Å². The van der Waals surface area contributed by atoms with Crippen LogP contribution in [0.2, 0.25) is 0 Å². The Labute approximate surface area is 109 Å². The molecule has 0 aromatic rings. The number of ether oxygens (including phenoxy) is 2. The van der Waals surface area contributed by atoms with Crippen LogP contribution in [0.3, 0.4) is 0 Å². The van der Waals surface area contributed by atoms with E-state index in [0.29, 0.717) is 6.61 Å². The highest BCUT2D eigenvalue weighted by Gasteiger charge is 2.44. The van der Waals surface area contributed by atoms with Gasteiger partial charge in [0.15, 0.2) is 5.79 Å². The molecule has 18 heavy (non-hydrogen) atoms. The summed E-state index contributed by atoms with van der Waals surface area (Å²) in [5.74, 6) is 0.297. The number of rotatable bonds is 4. The van der Waals surface area contributed by atoms with Gasteiger partial charge in [0.05, 0.1) is 19.5 Å². The van der Waals surface area contributed by atoms with Crippen LogP contribution in [-0.2, 0) is 23.8 Å². The second-order valence-corrected chi connectivity index (χ2v) is 6.95. The van der Waals surface area contributed by atoms with Crippen LogP contribution in [0.5, 0.6) is 0 Å². The van der Waals surface area contributed by atoms with E-state index in [4.69, 9.17) is 13.7 Å². The van der Waals surface area contributed by atoms with Crippen molar-refractivity contribution in [3.05, 3.63) is 0 Å². The fraction of sp³-hybridized carbons (Fsp3) is 1.00. The lowest BCUT2D eigenvalue weighted by molar-refractivity contribution is -0.194. The zero-order valence-corrected chi connectivity index (χ0v) is 11.9. The summed E-state index contributed by atoms with van der Waals surface area (Å²) in [6, 6.07) is 0. The minimum atomic E-state index is -3.40. The average Bonchev–Trinajstić information content (AvgIpc) is 2.71. The van der Waals surface area contributed by atoms with Gasteiger partial charge in [-0.1, -0.05) is 13.3 Å². The first-order chi connectivity index (χ1) is 8.42. The fourth-order valence-corrected chi connectivity index (χ4v) is 3.09. The topological polar surface area (TPSA) is 61.8 Å². The Balaban J connectivity index is 1.81. The van der Waals surface area contributed by atoms with Crippen molar-refractivity contribution in [1.29, 1.82) is 0 Å². The third-order valence-electron chi connectivity index (χ3n) is 3.83. The van der Waals surface area contributed by atoms with Crippen LogP contribution < -0.4 is 0 Å². The highest BCUT2D eigenvalue weighted by atomic mass is 32.2. The maximum Gasteiger partial charge on any atom is 0.264 e. The van der Waals surface area contributed by atoms with Crippen molar-refractivity contribution in [3.8, 4) is 0 Å². The van der Waals surface area contributed by atoms with Crippen LogP contribution in [0.4, 0.5) is 0 Å². The van der Waals surface area contributed by atoms with Gasteiger partial charge in [0.25, 0.3) is 10.1 Å². The van der Waals surface area contributed by atoms with Crippen molar-refractivity contribution in [1.82, 2.24) is 0 Å². The van der Waals surface area contributed by atoms with Gasteiger partial charge in [-0.25, -0.2) is 0 Å². The lowest BCUT2D eigenvalue weighted by Crippen LogP contribution is -2.36. The highest BCUT2D eigenvalue weighted by molar-refractivity contribution is 7.85. The molecule has 1 unspecified atom stereocenters. The summed E-state index contributed by atoms with van der Waals surface area (Å²) in [6.45, 7) is 2.69. The molecule has 2 aliphatic rings. The summed E-state index contributed by atoms with van der Waals surface area (Å²) in [5.41, 5.74) is 0. The van der Waals surface area contributed by atoms with Crippen LogP contribution in [0.15, 0.2) is 0 Å². The summed E-state index contributed by atoms with van der Waals surface area (Å²) < 4.78 is 38.2. The molecule has 1 aliphatic heterocycles. The van der Waals surface area contributed by atoms with Crippen LogP contribution >= 0.6 is 0 Å². The maximum atomic E-state index is 10.9. The molecule has 1 aliphatic carbocycles. The van der Waals surface area contributed by atoms with Gasteiger partial charge in [-0.3, -0.25) is 4.18 Å². The lowest BCUT2D eigenvalue weighted by Gasteiger charge is -2.35. The van der Waals surface area contributed by atoms with E-state index in [9.17, 15) is 8.42 Å². The molecule has 1 saturated carbocycles. The number of hydrogen-bond acceptors (Lipinski definition) is 5. The standard InChI is InChI=1S/C12H22O5S/c1-3-10-4-6-12(7-5-10)15-8-11(17-12)9-16-18(2,13)14/h10-11H,3-9H2,1-2H3. The van der Waals surface area contributed by atoms with Gasteiger partial charge in [-0.05, 0) is 18.8 Å². The molecule has 106 valence electrons. The van der Waals surface area contributed by atoms with E-state index in [1.54, 1.807) is 0 Å². The van der Waals surface area contributed by atoms with Gasteiger partial charge >= 0.3 is 0 Å². The maximum absolute atomic E-state index is 10.9. The summed E-state index contributed by atoms with van der Waals surface area (Å²) in [4.78, 5) is 0. The molecule has 0 radical (unpaired) electrons. The molecule has 0 amide bonds. The molecule has 1 heterocycles. The second kappa shape index (κ2) is 5.45. The van der Waals surface area contributed by atoms with Crippen LogP contribution in [0.25, 0.3) is 0 Å². The molecule has 0 N–H and O–H groups in total. The Hall–Kier alpha value is -0.170. The monoisotopic (exact) mass is 278 g/mol. The van der Waals surface area contributed by atoms with Gasteiger partial charge in [0, 0.05) is 12.8 Å². The highest BCUT2D eigenvalue weighted by Crippen LogP contribution is 2.40. The smallest absolute Gasteiger partial charge is 0.264 e. The molecule has 5 nitrogen and oxygen atoms in total. The van der Waals surface area contributed by atoms with E-state index in [-0.39, 0.29) is 12.7 Å². The van der Waals surface area contributed by atoms with E-state index < -0.39 is 15.9 Å². The molecular formula is C12H22O5S. The Morgan fingerprint density at radius 3 is 2.56 bits per heavy atom. The molecule has 6 heteroatoms. The number of hydrogen-bond donors (Lipinski definition) is 0.